The minimum atomic E-state index is -0.943. The van der Waals surface area contributed by atoms with Crippen molar-refractivity contribution in [2.75, 3.05) is 7.11 Å². The minimum absolute atomic E-state index is 0.213. The molecule has 1 aliphatic heterocycles. The molecule has 1 saturated carbocycles. The number of halogens is 1. The number of carbonyl (C=O) groups is 2. The highest BCUT2D eigenvalue weighted by molar-refractivity contribution is 9.10. The summed E-state index contributed by atoms with van der Waals surface area (Å²) in [6, 6.07) is 5.66. The van der Waals surface area contributed by atoms with Crippen molar-refractivity contribution in [2.45, 2.75) is 43.7 Å². The fourth-order valence-electron chi connectivity index (χ4n) is 4.78. The average Bonchev–Trinajstić information content (AvgIpc) is 2.97. The van der Waals surface area contributed by atoms with Gasteiger partial charge in [0.05, 0.1) is 6.10 Å². The molecule has 0 radical (unpaired) electrons. The third-order valence-electron chi connectivity index (χ3n) is 5.89. The van der Waals surface area contributed by atoms with Crippen LogP contribution in [-0.4, -0.2) is 25.2 Å². The number of fused-ring (bicyclic) bond motifs is 3. The van der Waals surface area contributed by atoms with Crippen LogP contribution in [0.3, 0.4) is 0 Å². The Morgan fingerprint density at radius 2 is 2.00 bits per heavy atom. The smallest absolute Gasteiger partial charge is 0.322 e. The largest absolute Gasteiger partial charge is 0.381 e. The number of benzene rings is 1. The summed E-state index contributed by atoms with van der Waals surface area (Å²) in [4.78, 5) is 24.8. The van der Waals surface area contributed by atoms with E-state index in [0.29, 0.717) is 0 Å². The van der Waals surface area contributed by atoms with Gasteiger partial charge >= 0.3 is 6.03 Å². The Bertz CT molecular complexity index is 697. The summed E-state index contributed by atoms with van der Waals surface area (Å²) in [7, 11) is 1.74. The van der Waals surface area contributed by atoms with E-state index in [4.69, 9.17) is 4.74 Å². The highest BCUT2D eigenvalue weighted by Gasteiger charge is 2.66. The standard InChI is InChI=1S/C17H19BrN2O3/c1-23-12-4-6-16(7-5-12)9-10-2-3-11(18)8-13(10)17(16)14(21)19-15(22)20-17/h2-3,8,12H,4-7,9H2,1H3,(H2,19,20,21,22)/t12-,16-,17?. The molecular weight excluding hydrogens is 360 g/mol. The maximum Gasteiger partial charge on any atom is 0.322 e. The van der Waals surface area contributed by atoms with Crippen molar-refractivity contribution < 1.29 is 14.3 Å². The first kappa shape index (κ1) is 15.1. The van der Waals surface area contributed by atoms with E-state index in [2.05, 4.69) is 32.6 Å². The maximum absolute atomic E-state index is 12.9. The van der Waals surface area contributed by atoms with E-state index < -0.39 is 11.6 Å². The van der Waals surface area contributed by atoms with Gasteiger partial charge in [-0.1, -0.05) is 22.0 Å². The number of nitrogens with one attached hydrogen (secondary N) is 2. The van der Waals surface area contributed by atoms with Crippen molar-refractivity contribution in [3.8, 4) is 0 Å². The first-order chi connectivity index (χ1) is 11.0. The molecule has 1 heterocycles. The van der Waals surface area contributed by atoms with Crippen LogP contribution in [0.1, 0.15) is 36.8 Å². The van der Waals surface area contributed by atoms with Crippen molar-refractivity contribution >= 4 is 27.9 Å². The van der Waals surface area contributed by atoms with Gasteiger partial charge in [0.25, 0.3) is 5.91 Å². The van der Waals surface area contributed by atoms with E-state index in [-0.39, 0.29) is 17.4 Å². The van der Waals surface area contributed by atoms with Crippen LogP contribution in [0.2, 0.25) is 0 Å². The van der Waals surface area contributed by atoms with Crippen LogP contribution in [0.4, 0.5) is 4.79 Å². The van der Waals surface area contributed by atoms with Gasteiger partial charge in [0, 0.05) is 17.0 Å². The molecule has 0 bridgehead atoms. The van der Waals surface area contributed by atoms with Crippen LogP contribution in [-0.2, 0) is 21.5 Å². The van der Waals surface area contributed by atoms with Gasteiger partial charge in [-0.2, -0.15) is 0 Å². The van der Waals surface area contributed by atoms with Crippen molar-refractivity contribution in [3.05, 3.63) is 33.8 Å². The lowest BCUT2D eigenvalue weighted by atomic mass is 9.61. The molecule has 23 heavy (non-hydrogen) atoms. The second-order valence-corrected chi connectivity index (χ2v) is 7.77. The first-order valence-electron chi connectivity index (χ1n) is 7.96. The molecule has 3 aliphatic rings. The van der Waals surface area contributed by atoms with Gasteiger partial charge in [0.2, 0.25) is 0 Å². The SMILES string of the molecule is CO[C@H]1CC[C@]2(CC1)Cc1ccc(Br)cc1C21NC(=O)NC1=O. The molecule has 1 saturated heterocycles. The summed E-state index contributed by atoms with van der Waals surface area (Å²) in [5, 5.41) is 5.47. The van der Waals surface area contributed by atoms with E-state index in [1.165, 1.54) is 0 Å². The Hall–Kier alpha value is -1.40. The maximum atomic E-state index is 12.9. The van der Waals surface area contributed by atoms with Gasteiger partial charge in [0.15, 0.2) is 5.54 Å². The highest BCUT2D eigenvalue weighted by Crippen LogP contribution is 2.59. The summed E-state index contributed by atoms with van der Waals surface area (Å²) >= 11 is 3.50. The van der Waals surface area contributed by atoms with Gasteiger partial charge in [0.1, 0.15) is 0 Å². The number of imide groups is 1. The number of amides is 3. The number of methoxy groups -OCH3 is 1. The third kappa shape index (κ3) is 1.94. The zero-order valence-corrected chi connectivity index (χ0v) is 14.5. The van der Waals surface area contributed by atoms with Crippen LogP contribution in [0.15, 0.2) is 22.7 Å². The topological polar surface area (TPSA) is 67.4 Å². The van der Waals surface area contributed by atoms with Gasteiger partial charge in [-0.05, 0) is 55.4 Å². The average molecular weight is 379 g/mol. The summed E-state index contributed by atoms with van der Waals surface area (Å²) < 4.78 is 6.42. The van der Waals surface area contributed by atoms with Crippen LogP contribution >= 0.6 is 15.9 Å². The Labute approximate surface area is 143 Å². The summed E-state index contributed by atoms with van der Waals surface area (Å²) in [5.74, 6) is -0.213. The lowest BCUT2D eigenvalue weighted by Crippen LogP contribution is -2.56. The van der Waals surface area contributed by atoms with E-state index in [9.17, 15) is 9.59 Å². The van der Waals surface area contributed by atoms with Crippen molar-refractivity contribution in [2.24, 2.45) is 5.41 Å². The third-order valence-corrected chi connectivity index (χ3v) is 6.39. The fraction of sp³-hybridized carbons (Fsp3) is 0.529. The lowest BCUT2D eigenvalue weighted by molar-refractivity contribution is -0.131. The number of urea groups is 1. The molecule has 2 spiro atoms. The molecule has 1 aromatic carbocycles. The second kappa shape index (κ2) is 5.05. The molecule has 2 fully saturated rings. The summed E-state index contributed by atoms with van der Waals surface area (Å²) in [5.41, 5.74) is 0.885. The van der Waals surface area contributed by atoms with E-state index in [1.54, 1.807) is 7.11 Å². The Kier molecular flexibility index (Phi) is 3.32. The van der Waals surface area contributed by atoms with Gasteiger partial charge in [-0.25, -0.2) is 4.79 Å². The molecule has 6 heteroatoms. The molecule has 5 nitrogen and oxygen atoms in total. The number of hydrogen-bond acceptors (Lipinski definition) is 3. The van der Waals surface area contributed by atoms with Crippen LogP contribution in [0.5, 0.6) is 0 Å². The van der Waals surface area contributed by atoms with Crippen molar-refractivity contribution in [1.82, 2.24) is 10.6 Å². The van der Waals surface area contributed by atoms with Gasteiger partial charge < -0.3 is 10.1 Å². The number of hydrogen-bond donors (Lipinski definition) is 2. The molecule has 122 valence electrons. The first-order valence-corrected chi connectivity index (χ1v) is 8.75. The highest BCUT2D eigenvalue weighted by atomic mass is 79.9. The Morgan fingerprint density at radius 1 is 1.26 bits per heavy atom. The molecule has 2 aliphatic carbocycles. The minimum Gasteiger partial charge on any atom is -0.381 e. The van der Waals surface area contributed by atoms with E-state index in [1.807, 2.05) is 12.1 Å². The van der Waals surface area contributed by atoms with Crippen LogP contribution in [0, 0.1) is 5.41 Å². The van der Waals surface area contributed by atoms with Crippen LogP contribution in [0.25, 0.3) is 0 Å². The monoisotopic (exact) mass is 378 g/mol. The predicted molar refractivity (Wildman–Crippen MR) is 87.9 cm³/mol. The molecule has 1 atom stereocenters. The molecule has 2 N–H and O–H groups in total. The predicted octanol–water partition coefficient (Wildman–Crippen LogP) is 2.62. The fourth-order valence-corrected chi connectivity index (χ4v) is 5.15. The lowest BCUT2D eigenvalue weighted by Gasteiger charge is -2.46. The quantitative estimate of drug-likeness (QED) is 0.738. The summed E-state index contributed by atoms with van der Waals surface area (Å²) in [6.07, 6.45) is 4.62. The Morgan fingerprint density at radius 3 is 2.61 bits per heavy atom. The molecular formula is C17H19BrN2O3. The van der Waals surface area contributed by atoms with Crippen molar-refractivity contribution in [3.63, 3.8) is 0 Å². The Balaban J connectivity index is 1.85. The van der Waals surface area contributed by atoms with E-state index >= 15 is 0 Å². The zero-order chi connectivity index (χ0) is 16.2. The summed E-state index contributed by atoms with van der Waals surface area (Å²) in [6.45, 7) is 0. The molecule has 3 amide bonds. The normalized spacial score (nSPS) is 35.5. The second-order valence-electron chi connectivity index (χ2n) is 6.85. The van der Waals surface area contributed by atoms with Crippen molar-refractivity contribution in [1.29, 1.82) is 0 Å². The molecule has 1 aromatic rings. The van der Waals surface area contributed by atoms with Gasteiger partial charge in [-0.15, -0.1) is 0 Å². The van der Waals surface area contributed by atoms with Crippen LogP contribution < -0.4 is 10.6 Å². The number of rotatable bonds is 1. The number of ether oxygens (including phenoxy) is 1. The molecule has 0 aromatic heterocycles. The van der Waals surface area contributed by atoms with Gasteiger partial charge in [-0.3, -0.25) is 10.1 Å². The number of carbonyl (C=O) groups excluding carboxylic acids is 2. The molecule has 1 unspecified atom stereocenters. The van der Waals surface area contributed by atoms with E-state index in [0.717, 1.165) is 47.7 Å². The molecule has 4 rings (SSSR count). The zero-order valence-electron chi connectivity index (χ0n) is 12.9.